The molecule has 1 aliphatic carbocycles. The lowest BCUT2D eigenvalue weighted by molar-refractivity contribution is -0.157. The molecule has 2 aliphatic rings. The molecule has 2 atom stereocenters. The fourth-order valence-corrected chi connectivity index (χ4v) is 5.01. The normalized spacial score (nSPS) is 19.5. The van der Waals surface area contributed by atoms with Crippen molar-refractivity contribution in [3.05, 3.63) is 59.7 Å². The number of carboxylic acid groups (broad SMARTS) is 1. The van der Waals surface area contributed by atoms with Gasteiger partial charge in [-0.05, 0) is 42.0 Å². The minimum atomic E-state index is -1.29. The van der Waals surface area contributed by atoms with Crippen LogP contribution in [0.3, 0.4) is 0 Å². The average molecular weight is 481 g/mol. The van der Waals surface area contributed by atoms with Crippen molar-refractivity contribution in [3.8, 4) is 11.1 Å². The predicted octanol–water partition coefficient (Wildman–Crippen LogP) is 3.79. The highest BCUT2D eigenvalue weighted by atomic mass is 16.5. The molecule has 8 heteroatoms. The number of carbonyl (C=O) groups is 3. The third kappa shape index (κ3) is 5.03. The number of likely N-dealkylation sites (N-methyl/N-ethyl adjacent to an activating group) is 1. The second-order valence-corrected chi connectivity index (χ2v) is 9.36. The van der Waals surface area contributed by atoms with E-state index in [1.807, 2.05) is 31.2 Å². The zero-order chi connectivity index (χ0) is 25.0. The maximum atomic E-state index is 12.6. The summed E-state index contributed by atoms with van der Waals surface area (Å²) in [6.45, 7) is 2.43. The van der Waals surface area contributed by atoms with E-state index in [4.69, 9.17) is 9.47 Å². The first-order valence-corrected chi connectivity index (χ1v) is 12.0. The van der Waals surface area contributed by atoms with Gasteiger partial charge in [0, 0.05) is 38.5 Å². The fraction of sp³-hybridized carbons (Fsp3) is 0.444. The van der Waals surface area contributed by atoms with Gasteiger partial charge in [-0.1, -0.05) is 48.5 Å². The van der Waals surface area contributed by atoms with Crippen LogP contribution in [0.15, 0.2) is 48.5 Å². The molecule has 0 aromatic heterocycles. The molecule has 2 aromatic rings. The van der Waals surface area contributed by atoms with Crippen LogP contribution < -0.4 is 5.32 Å². The molecule has 2 N–H and O–H groups in total. The Kier molecular flexibility index (Phi) is 7.40. The number of carbonyl (C=O) groups excluding carboxylic acids is 2. The number of aliphatic carboxylic acids is 1. The molecule has 0 saturated carbocycles. The van der Waals surface area contributed by atoms with Crippen molar-refractivity contribution in [2.75, 3.05) is 26.9 Å². The zero-order valence-corrected chi connectivity index (χ0v) is 20.2. The summed E-state index contributed by atoms with van der Waals surface area (Å²) in [5.74, 6) is -1.29. The molecule has 1 fully saturated rings. The summed E-state index contributed by atoms with van der Waals surface area (Å²) in [4.78, 5) is 38.1. The number of nitrogens with one attached hydrogen (secondary N) is 1. The molecule has 2 aromatic carbocycles. The van der Waals surface area contributed by atoms with Crippen molar-refractivity contribution >= 4 is 18.0 Å². The molecule has 35 heavy (non-hydrogen) atoms. The molecule has 4 rings (SSSR count). The number of ether oxygens (including phenoxy) is 2. The van der Waals surface area contributed by atoms with Crippen molar-refractivity contribution in [1.29, 1.82) is 0 Å². The number of hydrogen-bond acceptors (Lipinski definition) is 5. The Balaban J connectivity index is 1.23. The number of fused-ring (bicyclic) bond motifs is 3. The molecule has 2 amide bonds. The minimum absolute atomic E-state index is 0.00209. The number of alkyl carbamates (subject to hydrolysis) is 1. The number of rotatable bonds is 9. The van der Waals surface area contributed by atoms with Crippen molar-refractivity contribution in [1.82, 2.24) is 10.2 Å². The molecular weight excluding hydrogens is 448 g/mol. The van der Waals surface area contributed by atoms with Crippen LogP contribution in [0.5, 0.6) is 0 Å². The van der Waals surface area contributed by atoms with Crippen molar-refractivity contribution in [3.63, 3.8) is 0 Å². The summed E-state index contributed by atoms with van der Waals surface area (Å²) in [6, 6.07) is 16.2. The summed E-state index contributed by atoms with van der Waals surface area (Å²) in [7, 11) is 1.52. The van der Waals surface area contributed by atoms with E-state index in [0.717, 1.165) is 11.1 Å². The Bertz CT molecular complexity index is 1050. The van der Waals surface area contributed by atoms with Gasteiger partial charge in [-0.2, -0.15) is 0 Å². The second-order valence-electron chi connectivity index (χ2n) is 9.36. The molecule has 1 heterocycles. The van der Waals surface area contributed by atoms with Gasteiger partial charge in [-0.25, -0.2) is 9.59 Å². The number of amides is 2. The lowest BCUT2D eigenvalue weighted by Gasteiger charge is -2.33. The molecule has 0 spiro atoms. The molecule has 1 aliphatic heterocycles. The first-order valence-electron chi connectivity index (χ1n) is 12.0. The van der Waals surface area contributed by atoms with Gasteiger partial charge in [0.25, 0.3) is 0 Å². The molecular formula is C27H32N2O6. The molecule has 8 nitrogen and oxygen atoms in total. The quantitative estimate of drug-likeness (QED) is 0.566. The van der Waals surface area contributed by atoms with E-state index in [2.05, 4.69) is 29.6 Å². The van der Waals surface area contributed by atoms with E-state index in [1.54, 1.807) is 0 Å². The summed E-state index contributed by atoms with van der Waals surface area (Å²) >= 11 is 0. The molecule has 0 radical (unpaired) electrons. The zero-order valence-electron chi connectivity index (χ0n) is 20.2. The first-order chi connectivity index (χ1) is 16.8. The minimum Gasteiger partial charge on any atom is -0.479 e. The van der Waals surface area contributed by atoms with Crippen LogP contribution in [-0.4, -0.2) is 66.4 Å². The van der Waals surface area contributed by atoms with Gasteiger partial charge < -0.3 is 24.8 Å². The SMILES string of the molecule is CC(CCCC(=O)N(C)C1(C(=O)O)CCOC1)NC(=O)OCC1c2ccccc2-c2ccccc21. The third-order valence-corrected chi connectivity index (χ3v) is 7.15. The third-order valence-electron chi connectivity index (χ3n) is 7.15. The highest BCUT2D eigenvalue weighted by Gasteiger charge is 2.48. The predicted molar refractivity (Wildman–Crippen MR) is 130 cm³/mol. The summed E-state index contributed by atoms with van der Waals surface area (Å²) < 4.78 is 10.8. The van der Waals surface area contributed by atoms with Crippen LogP contribution in [-0.2, 0) is 19.1 Å². The summed E-state index contributed by atoms with van der Waals surface area (Å²) in [6.07, 6.45) is 1.08. The number of hydrogen-bond donors (Lipinski definition) is 2. The van der Waals surface area contributed by atoms with E-state index in [9.17, 15) is 19.5 Å². The van der Waals surface area contributed by atoms with E-state index >= 15 is 0 Å². The van der Waals surface area contributed by atoms with Crippen LogP contribution >= 0.6 is 0 Å². The summed E-state index contributed by atoms with van der Waals surface area (Å²) in [5, 5.41) is 12.4. The van der Waals surface area contributed by atoms with Crippen molar-refractivity contribution < 1.29 is 29.0 Å². The second kappa shape index (κ2) is 10.5. The van der Waals surface area contributed by atoms with E-state index in [-0.39, 0.29) is 43.9 Å². The lowest BCUT2D eigenvalue weighted by atomic mass is 9.96. The largest absolute Gasteiger partial charge is 0.479 e. The molecule has 0 bridgehead atoms. The Morgan fingerprint density at radius 2 is 1.77 bits per heavy atom. The number of carboxylic acids is 1. The topological polar surface area (TPSA) is 105 Å². The van der Waals surface area contributed by atoms with Crippen LogP contribution in [0.2, 0.25) is 0 Å². The van der Waals surface area contributed by atoms with E-state index in [0.29, 0.717) is 19.4 Å². The Morgan fingerprint density at radius 1 is 1.14 bits per heavy atom. The Hall–Kier alpha value is -3.39. The average Bonchev–Trinajstić information content (AvgIpc) is 3.47. The van der Waals surface area contributed by atoms with E-state index in [1.165, 1.54) is 23.1 Å². The van der Waals surface area contributed by atoms with Crippen LogP contribution in [0.4, 0.5) is 4.79 Å². The van der Waals surface area contributed by atoms with Crippen LogP contribution in [0.25, 0.3) is 11.1 Å². The van der Waals surface area contributed by atoms with Gasteiger partial charge in [-0.3, -0.25) is 4.79 Å². The fourth-order valence-electron chi connectivity index (χ4n) is 5.01. The first kappa shape index (κ1) is 24.7. The van der Waals surface area contributed by atoms with Crippen LogP contribution in [0, 0.1) is 0 Å². The van der Waals surface area contributed by atoms with E-state index < -0.39 is 17.6 Å². The van der Waals surface area contributed by atoms with Gasteiger partial charge in [0.05, 0.1) is 6.61 Å². The van der Waals surface area contributed by atoms with Crippen molar-refractivity contribution in [2.24, 2.45) is 0 Å². The van der Waals surface area contributed by atoms with Gasteiger partial charge >= 0.3 is 12.1 Å². The van der Waals surface area contributed by atoms with Crippen molar-refractivity contribution in [2.45, 2.75) is 50.1 Å². The Labute approximate surface area is 205 Å². The number of nitrogens with zero attached hydrogens (tertiary/aromatic N) is 1. The van der Waals surface area contributed by atoms with Crippen LogP contribution in [0.1, 0.15) is 49.7 Å². The molecule has 1 saturated heterocycles. The lowest BCUT2D eigenvalue weighted by Crippen LogP contribution is -2.55. The van der Waals surface area contributed by atoms with Gasteiger partial charge in [0.1, 0.15) is 6.61 Å². The number of benzene rings is 2. The molecule has 186 valence electrons. The maximum absolute atomic E-state index is 12.6. The van der Waals surface area contributed by atoms with Gasteiger partial charge in [0.2, 0.25) is 5.91 Å². The van der Waals surface area contributed by atoms with Gasteiger partial charge in [0.15, 0.2) is 5.54 Å². The highest BCUT2D eigenvalue weighted by Crippen LogP contribution is 2.44. The standard InChI is InChI=1S/C27H32N2O6/c1-18(8-7-13-24(30)29(2)27(25(31)32)14-15-34-17-27)28-26(33)35-16-23-21-11-5-3-9-19(21)20-10-4-6-12-22(20)23/h3-6,9-12,18,23H,7-8,13-17H2,1-2H3,(H,28,33)(H,31,32). The highest BCUT2D eigenvalue weighted by molar-refractivity contribution is 5.87. The monoisotopic (exact) mass is 480 g/mol. The van der Waals surface area contributed by atoms with Gasteiger partial charge in [-0.15, -0.1) is 0 Å². The summed E-state index contributed by atoms with van der Waals surface area (Å²) in [5.41, 5.74) is 3.37. The molecule has 2 unspecified atom stereocenters. The maximum Gasteiger partial charge on any atom is 0.407 e. The smallest absolute Gasteiger partial charge is 0.407 e. The Morgan fingerprint density at radius 3 is 2.34 bits per heavy atom.